The first kappa shape index (κ1) is 31.6. The topological polar surface area (TPSA) is 118 Å². The average Bonchev–Trinajstić information content (AvgIpc) is 3.40. The fourth-order valence-electron chi connectivity index (χ4n) is 3.92. The number of carbonyl (C=O) groups is 2. The van der Waals surface area contributed by atoms with Gasteiger partial charge in [-0.2, -0.15) is 26.3 Å². The molecule has 0 unspecified atom stereocenters. The van der Waals surface area contributed by atoms with Gasteiger partial charge in [0.05, 0.1) is 33.1 Å². The lowest BCUT2D eigenvalue weighted by Crippen LogP contribution is -2.36. The maximum Gasteiger partial charge on any atom is 0.490 e. The average molecular weight is 568 g/mol. The summed E-state index contributed by atoms with van der Waals surface area (Å²) in [4.78, 5) is 24.4. The molecule has 2 aromatic rings. The van der Waals surface area contributed by atoms with E-state index in [-0.39, 0.29) is 5.41 Å². The van der Waals surface area contributed by atoms with Gasteiger partial charge in [-0.1, -0.05) is 12.1 Å². The monoisotopic (exact) mass is 568 g/mol. The molecule has 1 aromatic carbocycles. The van der Waals surface area contributed by atoms with Crippen LogP contribution in [0.2, 0.25) is 0 Å². The Labute approximate surface area is 218 Å². The summed E-state index contributed by atoms with van der Waals surface area (Å²) in [6.45, 7) is 5.30. The number of halogens is 6. The quantitative estimate of drug-likeness (QED) is 0.501. The van der Waals surface area contributed by atoms with E-state index in [1.165, 1.54) is 5.56 Å². The Morgan fingerprint density at radius 3 is 2.13 bits per heavy atom. The lowest BCUT2D eigenvalue weighted by atomic mass is 9.82. The number of rotatable bonds is 6. The van der Waals surface area contributed by atoms with Crippen molar-refractivity contribution in [2.75, 3.05) is 40.0 Å². The molecule has 9 nitrogen and oxygen atoms in total. The highest BCUT2D eigenvalue weighted by Gasteiger charge is 2.51. The number of carboxylic acids is 2. The van der Waals surface area contributed by atoms with E-state index in [1.807, 2.05) is 24.3 Å². The molecule has 2 atom stereocenters. The van der Waals surface area contributed by atoms with Gasteiger partial charge in [-0.3, -0.25) is 9.88 Å². The number of fused-ring (bicyclic) bond motifs is 1. The predicted octanol–water partition coefficient (Wildman–Crippen LogP) is 3.88. The molecule has 0 radical (unpaired) electrons. The molecule has 1 aromatic heterocycles. The van der Waals surface area contributed by atoms with Crippen LogP contribution in [-0.4, -0.2) is 84.4 Å². The van der Waals surface area contributed by atoms with E-state index < -0.39 is 24.3 Å². The minimum absolute atomic E-state index is 0.0856. The smallest absolute Gasteiger partial charge is 0.490 e. The number of benzene rings is 1. The van der Waals surface area contributed by atoms with Crippen LogP contribution in [0.1, 0.15) is 5.56 Å². The first-order valence-electron chi connectivity index (χ1n) is 11.2. The van der Waals surface area contributed by atoms with Gasteiger partial charge in [-0.25, -0.2) is 9.59 Å². The highest BCUT2D eigenvalue weighted by molar-refractivity contribution is 5.73. The van der Waals surface area contributed by atoms with E-state index in [1.54, 1.807) is 19.5 Å². The molecule has 2 aliphatic heterocycles. The van der Waals surface area contributed by atoms with Crippen molar-refractivity contribution in [3.05, 3.63) is 54.4 Å². The van der Waals surface area contributed by atoms with Crippen molar-refractivity contribution in [2.45, 2.75) is 18.9 Å². The van der Waals surface area contributed by atoms with Gasteiger partial charge >= 0.3 is 24.3 Å². The Balaban J connectivity index is 0.000000317. The molecule has 0 amide bonds. The zero-order valence-corrected chi connectivity index (χ0v) is 20.5. The molecule has 0 aliphatic carbocycles. The molecule has 0 spiro atoms. The molecule has 0 saturated carbocycles. The van der Waals surface area contributed by atoms with Gasteiger partial charge in [0.2, 0.25) is 0 Å². The second-order valence-electron chi connectivity index (χ2n) is 8.68. The van der Waals surface area contributed by atoms with Crippen LogP contribution < -0.4 is 9.47 Å². The van der Waals surface area contributed by atoms with E-state index in [2.05, 4.69) is 22.0 Å². The Hall–Kier alpha value is -3.59. The van der Waals surface area contributed by atoms with E-state index in [0.717, 1.165) is 44.3 Å². The third-order valence-corrected chi connectivity index (χ3v) is 5.80. The Morgan fingerprint density at radius 2 is 1.64 bits per heavy atom. The van der Waals surface area contributed by atoms with Gasteiger partial charge in [0.15, 0.2) is 0 Å². The molecule has 4 rings (SSSR count). The number of aliphatic carboxylic acids is 2. The van der Waals surface area contributed by atoms with Crippen LogP contribution in [0.5, 0.6) is 11.5 Å². The SMILES string of the molecule is COc1ccc(CN2C[C@@H]3COC[C@]3(COc3cccnc3)C2)cc1.O=C(O)C(F)(F)F.O=C(O)C(F)(F)F. The van der Waals surface area contributed by atoms with Crippen LogP contribution >= 0.6 is 0 Å². The number of ether oxygens (including phenoxy) is 3. The normalized spacial score (nSPS) is 20.5. The van der Waals surface area contributed by atoms with Crippen LogP contribution in [-0.2, 0) is 20.9 Å². The number of methoxy groups -OCH3 is 1. The fourth-order valence-corrected chi connectivity index (χ4v) is 3.92. The predicted molar refractivity (Wildman–Crippen MR) is 122 cm³/mol. The van der Waals surface area contributed by atoms with Crippen LogP contribution in [0.25, 0.3) is 0 Å². The summed E-state index contributed by atoms with van der Waals surface area (Å²) in [5.74, 6) is -3.25. The zero-order valence-electron chi connectivity index (χ0n) is 20.5. The molecule has 2 N–H and O–H groups in total. The number of aromatic nitrogens is 1. The largest absolute Gasteiger partial charge is 0.497 e. The number of pyridine rings is 1. The van der Waals surface area contributed by atoms with Crippen molar-refractivity contribution in [3.63, 3.8) is 0 Å². The zero-order chi connectivity index (χ0) is 29.3. The third kappa shape index (κ3) is 9.90. The van der Waals surface area contributed by atoms with Gasteiger partial charge in [0.1, 0.15) is 11.5 Å². The summed E-state index contributed by atoms with van der Waals surface area (Å²) >= 11 is 0. The van der Waals surface area contributed by atoms with Crippen LogP contribution in [0.15, 0.2) is 48.8 Å². The lowest BCUT2D eigenvalue weighted by molar-refractivity contribution is -0.193. The van der Waals surface area contributed by atoms with Crippen LogP contribution in [0.4, 0.5) is 26.3 Å². The molecule has 15 heteroatoms. The van der Waals surface area contributed by atoms with Crippen molar-refractivity contribution in [3.8, 4) is 11.5 Å². The maximum absolute atomic E-state index is 10.6. The molecule has 216 valence electrons. The first-order valence-corrected chi connectivity index (χ1v) is 11.2. The van der Waals surface area contributed by atoms with E-state index in [9.17, 15) is 26.3 Å². The molecule has 2 aliphatic rings. The summed E-state index contributed by atoms with van der Waals surface area (Å²) in [6, 6.07) is 12.2. The number of hydrogen-bond donors (Lipinski definition) is 2. The molecule has 2 fully saturated rings. The summed E-state index contributed by atoms with van der Waals surface area (Å²) in [5, 5.41) is 14.2. The van der Waals surface area contributed by atoms with Gasteiger partial charge < -0.3 is 24.4 Å². The minimum Gasteiger partial charge on any atom is -0.497 e. The van der Waals surface area contributed by atoms with E-state index >= 15 is 0 Å². The summed E-state index contributed by atoms with van der Waals surface area (Å²) in [7, 11) is 1.70. The third-order valence-electron chi connectivity index (χ3n) is 5.80. The highest BCUT2D eigenvalue weighted by atomic mass is 19.4. The molecule has 3 heterocycles. The standard InChI is InChI=1S/C20H24N2O3.2C2HF3O2/c1-23-18-6-4-16(5-7-18)10-22-11-17-12-24-14-20(17,13-22)15-25-19-3-2-8-21-9-19;2*3-2(4,5)1(6)7/h2-9,17H,10-15H2,1H3;2*(H,6,7)/t17-,20+;;/m1../s1. The second-order valence-corrected chi connectivity index (χ2v) is 8.68. The van der Waals surface area contributed by atoms with E-state index in [4.69, 9.17) is 34.0 Å². The molecule has 39 heavy (non-hydrogen) atoms. The molecular weight excluding hydrogens is 542 g/mol. The van der Waals surface area contributed by atoms with Crippen molar-refractivity contribution >= 4 is 11.9 Å². The summed E-state index contributed by atoms with van der Waals surface area (Å²) in [6.07, 6.45) is -6.63. The summed E-state index contributed by atoms with van der Waals surface area (Å²) in [5.41, 5.74) is 1.40. The number of nitrogens with zero attached hydrogens (tertiary/aromatic N) is 2. The van der Waals surface area contributed by atoms with Gasteiger partial charge in [-0.05, 0) is 29.8 Å². The highest BCUT2D eigenvalue weighted by Crippen LogP contribution is 2.42. The Bertz CT molecular complexity index is 1040. The van der Waals surface area contributed by atoms with Gasteiger partial charge in [0.25, 0.3) is 0 Å². The number of hydrogen-bond acceptors (Lipinski definition) is 7. The lowest BCUT2D eigenvalue weighted by Gasteiger charge is -2.27. The second kappa shape index (κ2) is 13.5. The van der Waals surface area contributed by atoms with Crippen molar-refractivity contribution in [2.24, 2.45) is 11.3 Å². The first-order chi connectivity index (χ1) is 18.2. The van der Waals surface area contributed by atoms with Gasteiger partial charge in [0, 0.05) is 37.2 Å². The Kier molecular flexibility index (Phi) is 10.9. The molecular formula is C24H26F6N2O7. The van der Waals surface area contributed by atoms with Gasteiger partial charge in [-0.15, -0.1) is 0 Å². The molecule has 0 bridgehead atoms. The number of carboxylic acid groups (broad SMARTS) is 2. The fraction of sp³-hybridized carbons (Fsp3) is 0.458. The van der Waals surface area contributed by atoms with E-state index in [0.29, 0.717) is 12.5 Å². The minimum atomic E-state index is -5.08. The van der Waals surface area contributed by atoms with Crippen molar-refractivity contribution < 1.29 is 60.4 Å². The van der Waals surface area contributed by atoms with Crippen LogP contribution in [0, 0.1) is 11.3 Å². The maximum atomic E-state index is 10.6. The van der Waals surface area contributed by atoms with Crippen molar-refractivity contribution in [1.82, 2.24) is 9.88 Å². The number of likely N-dealkylation sites (tertiary alicyclic amines) is 1. The van der Waals surface area contributed by atoms with Crippen molar-refractivity contribution in [1.29, 1.82) is 0 Å². The summed E-state index contributed by atoms with van der Waals surface area (Å²) < 4.78 is 80.5. The Morgan fingerprint density at radius 1 is 1.05 bits per heavy atom. The van der Waals surface area contributed by atoms with Crippen LogP contribution in [0.3, 0.4) is 0 Å². The molecule has 2 saturated heterocycles. The number of alkyl halides is 6.